The summed E-state index contributed by atoms with van der Waals surface area (Å²) in [6, 6.07) is 8.03. The summed E-state index contributed by atoms with van der Waals surface area (Å²) in [7, 11) is 0. The van der Waals surface area contributed by atoms with Crippen LogP contribution in [0.5, 0.6) is 0 Å². The molecule has 1 aromatic heterocycles. The van der Waals surface area contributed by atoms with Crippen LogP contribution in [-0.4, -0.2) is 76.9 Å². The van der Waals surface area contributed by atoms with E-state index in [2.05, 4.69) is 15.6 Å². The third kappa shape index (κ3) is 9.73. The Hall–Kier alpha value is -4.05. The molecule has 0 aliphatic carbocycles. The normalized spacial score (nSPS) is 14.2. The minimum atomic E-state index is -5.04. The van der Waals surface area contributed by atoms with Gasteiger partial charge in [-0.2, -0.15) is 26.3 Å². The molecule has 1 aliphatic rings. The van der Waals surface area contributed by atoms with E-state index in [1.807, 2.05) is 0 Å². The molecular weight excluding hydrogens is 658 g/mol. The molecule has 1 saturated heterocycles. The number of carbonyl (C=O) groups is 2. The predicted octanol–water partition coefficient (Wildman–Crippen LogP) is 6.02. The Morgan fingerprint density at radius 3 is 2.19 bits per heavy atom. The fraction of sp³-hybridized carbons (Fsp3) is 0.467. The first-order chi connectivity index (χ1) is 21.9. The van der Waals surface area contributed by atoms with Gasteiger partial charge in [-0.25, -0.2) is 9.48 Å². The maximum Gasteiger partial charge on any atom is 0.416 e. The number of anilines is 1. The molecule has 0 saturated carbocycles. The predicted molar refractivity (Wildman–Crippen MR) is 159 cm³/mol. The molecule has 1 aliphatic heterocycles. The Labute approximate surface area is 271 Å². The number of nitrogens with zero attached hydrogens (tertiary/aromatic N) is 5. The summed E-state index contributed by atoms with van der Waals surface area (Å²) >= 11 is 6.37. The van der Waals surface area contributed by atoms with Crippen molar-refractivity contribution < 1.29 is 45.4 Å². The molecule has 47 heavy (non-hydrogen) atoms. The van der Waals surface area contributed by atoms with Crippen LogP contribution in [0.4, 0.5) is 37.0 Å². The minimum Gasteiger partial charge on any atom is -0.444 e. The van der Waals surface area contributed by atoms with Gasteiger partial charge >= 0.3 is 18.4 Å². The molecule has 0 radical (unpaired) electrons. The Kier molecular flexibility index (Phi) is 11.0. The Balaban J connectivity index is 1.71. The highest BCUT2D eigenvalue weighted by atomic mass is 35.5. The number of carbonyl (C=O) groups excluding carboxylic acids is 2. The quantitative estimate of drug-likeness (QED) is 0.274. The van der Waals surface area contributed by atoms with Gasteiger partial charge in [0.2, 0.25) is 0 Å². The van der Waals surface area contributed by atoms with Crippen molar-refractivity contribution in [2.75, 3.05) is 44.3 Å². The highest BCUT2D eigenvalue weighted by molar-refractivity contribution is 6.31. The smallest absolute Gasteiger partial charge is 0.416 e. The van der Waals surface area contributed by atoms with Crippen LogP contribution in [-0.2, 0) is 34.9 Å². The van der Waals surface area contributed by atoms with E-state index >= 15 is 0 Å². The van der Waals surface area contributed by atoms with Gasteiger partial charge < -0.3 is 24.6 Å². The second-order valence-corrected chi connectivity index (χ2v) is 12.1. The number of alkyl halides is 6. The fourth-order valence-corrected chi connectivity index (χ4v) is 4.96. The molecule has 0 bridgehead atoms. The van der Waals surface area contributed by atoms with Crippen LogP contribution in [0.1, 0.15) is 53.5 Å². The second kappa shape index (κ2) is 14.4. The SMILES string of the molecule is CC(C)(C)OC(=O)NCCN(Cc1ccccc1Cl)C(=O)c1nnn(Cc2cc(C(F)(F)F)cc(C(F)(F)F)c2)c1N1CCOCC1. The topological polar surface area (TPSA) is 102 Å². The standard InChI is InChI=1S/C30H33ClF6N6O4/c1-28(2,3)47-27(45)38-8-9-42(18-20-6-4-5-7-23(20)31)26(44)24-25(41-10-12-46-13-11-41)43(40-39-24)17-19-14-21(29(32,33)34)16-22(15-19)30(35,36)37/h4-7,14-16H,8-13,17-18H2,1-3H3,(H,38,45). The molecular formula is C30H33ClF6N6O4. The van der Waals surface area contributed by atoms with Crippen LogP contribution in [0.15, 0.2) is 42.5 Å². The first kappa shape index (κ1) is 35.8. The average molecular weight is 691 g/mol. The third-order valence-electron chi connectivity index (χ3n) is 6.86. The number of aromatic nitrogens is 3. The molecule has 10 nitrogen and oxygen atoms in total. The zero-order chi connectivity index (χ0) is 34.6. The van der Waals surface area contributed by atoms with Gasteiger partial charge in [-0.15, -0.1) is 5.10 Å². The first-order valence-electron chi connectivity index (χ1n) is 14.5. The molecule has 2 amide bonds. The van der Waals surface area contributed by atoms with Gasteiger partial charge in [-0.1, -0.05) is 35.0 Å². The summed E-state index contributed by atoms with van der Waals surface area (Å²) in [4.78, 5) is 29.4. The highest BCUT2D eigenvalue weighted by Gasteiger charge is 2.37. The van der Waals surface area contributed by atoms with Crippen molar-refractivity contribution in [3.8, 4) is 0 Å². The highest BCUT2D eigenvalue weighted by Crippen LogP contribution is 2.37. The van der Waals surface area contributed by atoms with Gasteiger partial charge in [0.15, 0.2) is 11.5 Å². The first-order valence-corrected chi connectivity index (χ1v) is 14.8. The summed E-state index contributed by atoms with van der Waals surface area (Å²) < 4.78 is 93.2. The number of morpholine rings is 1. The Bertz CT molecular complexity index is 1540. The van der Waals surface area contributed by atoms with E-state index in [0.717, 1.165) is 4.68 Å². The van der Waals surface area contributed by atoms with Crippen molar-refractivity contribution >= 4 is 29.4 Å². The fourth-order valence-electron chi connectivity index (χ4n) is 4.77. The molecule has 3 aromatic rings. The number of nitrogens with one attached hydrogen (secondary N) is 1. The average Bonchev–Trinajstić information content (AvgIpc) is 3.39. The largest absolute Gasteiger partial charge is 0.444 e. The Morgan fingerprint density at radius 1 is 1.00 bits per heavy atom. The van der Waals surface area contributed by atoms with E-state index in [0.29, 0.717) is 22.7 Å². The van der Waals surface area contributed by atoms with Gasteiger partial charge in [-0.05, 0) is 56.2 Å². The second-order valence-electron chi connectivity index (χ2n) is 11.7. The van der Waals surface area contributed by atoms with Gasteiger partial charge in [0.25, 0.3) is 5.91 Å². The maximum atomic E-state index is 14.1. The molecule has 0 atom stereocenters. The van der Waals surface area contributed by atoms with Crippen LogP contribution in [0.25, 0.3) is 0 Å². The maximum absolute atomic E-state index is 14.1. The lowest BCUT2D eigenvalue weighted by molar-refractivity contribution is -0.143. The molecule has 0 unspecified atom stereocenters. The number of hydrogen-bond acceptors (Lipinski definition) is 7. The zero-order valence-corrected chi connectivity index (χ0v) is 26.5. The van der Waals surface area contributed by atoms with E-state index in [4.69, 9.17) is 21.1 Å². The molecule has 1 fully saturated rings. The van der Waals surface area contributed by atoms with Gasteiger partial charge in [-0.3, -0.25) is 4.79 Å². The van der Waals surface area contributed by atoms with Gasteiger partial charge in [0.05, 0.1) is 30.9 Å². The van der Waals surface area contributed by atoms with Crippen LogP contribution in [0.3, 0.4) is 0 Å². The summed E-state index contributed by atoms with van der Waals surface area (Å²) in [5.74, 6) is -0.572. The molecule has 2 heterocycles. The van der Waals surface area contributed by atoms with Gasteiger partial charge in [0, 0.05) is 37.7 Å². The van der Waals surface area contributed by atoms with Gasteiger partial charge in [0.1, 0.15) is 5.60 Å². The molecule has 0 spiro atoms. The monoisotopic (exact) mass is 690 g/mol. The van der Waals surface area contributed by atoms with Crippen molar-refractivity contribution in [1.29, 1.82) is 0 Å². The summed E-state index contributed by atoms with van der Waals surface area (Å²) in [6.07, 6.45) is -10.8. The number of amides is 2. The number of alkyl carbamates (subject to hydrolysis) is 1. The van der Waals surface area contributed by atoms with Crippen molar-refractivity contribution in [3.63, 3.8) is 0 Å². The molecule has 1 N–H and O–H groups in total. The van der Waals surface area contributed by atoms with E-state index in [-0.39, 0.29) is 69.1 Å². The van der Waals surface area contributed by atoms with E-state index in [1.54, 1.807) is 49.9 Å². The molecule has 256 valence electrons. The summed E-state index contributed by atoms with van der Waals surface area (Å²) in [5.41, 5.74) is -3.68. The molecule has 4 rings (SSSR count). The number of ether oxygens (including phenoxy) is 2. The van der Waals surface area contributed by atoms with E-state index < -0.39 is 47.6 Å². The lowest BCUT2D eigenvalue weighted by Gasteiger charge is -2.30. The third-order valence-corrected chi connectivity index (χ3v) is 7.23. The van der Waals surface area contributed by atoms with Crippen molar-refractivity contribution in [2.24, 2.45) is 0 Å². The lowest BCUT2D eigenvalue weighted by atomic mass is 10.0. The Morgan fingerprint density at radius 2 is 1.62 bits per heavy atom. The van der Waals surface area contributed by atoms with E-state index in [1.165, 1.54) is 4.90 Å². The summed E-state index contributed by atoms with van der Waals surface area (Å²) in [5, 5.41) is 11.0. The van der Waals surface area contributed by atoms with Crippen molar-refractivity contribution in [2.45, 2.75) is 51.8 Å². The van der Waals surface area contributed by atoms with E-state index in [9.17, 15) is 35.9 Å². The van der Waals surface area contributed by atoms with Crippen LogP contribution in [0, 0.1) is 0 Å². The summed E-state index contributed by atoms with van der Waals surface area (Å²) in [6.45, 7) is 5.41. The number of rotatable bonds is 9. The molecule has 17 heteroatoms. The number of hydrogen-bond donors (Lipinski definition) is 1. The molecule has 2 aromatic carbocycles. The zero-order valence-electron chi connectivity index (χ0n) is 25.7. The van der Waals surface area contributed by atoms with Crippen molar-refractivity contribution in [3.05, 3.63) is 75.4 Å². The lowest BCUT2D eigenvalue weighted by Crippen LogP contribution is -2.42. The van der Waals surface area contributed by atoms with Crippen LogP contribution in [0.2, 0.25) is 5.02 Å². The minimum absolute atomic E-state index is 0.0213. The van der Waals surface area contributed by atoms with Crippen LogP contribution >= 0.6 is 11.6 Å². The number of benzene rings is 2. The number of halogens is 7. The van der Waals surface area contributed by atoms with Crippen LogP contribution < -0.4 is 10.2 Å². The van der Waals surface area contributed by atoms with Crippen molar-refractivity contribution in [1.82, 2.24) is 25.2 Å².